The molecule has 1 spiro atoms. The van der Waals surface area contributed by atoms with Gasteiger partial charge in [-0.3, -0.25) is 14.4 Å². The molecule has 6 nitrogen and oxygen atoms in total. The van der Waals surface area contributed by atoms with Crippen LogP contribution in [0.15, 0.2) is 30.5 Å². The molecule has 1 amide bonds. The summed E-state index contributed by atoms with van der Waals surface area (Å²) in [6, 6.07) is 6.13. The molecule has 2 aliphatic heterocycles. The third kappa shape index (κ3) is 3.82. The summed E-state index contributed by atoms with van der Waals surface area (Å²) in [6.07, 6.45) is 4.75. The van der Waals surface area contributed by atoms with Crippen LogP contribution in [0, 0.1) is 12.7 Å². The third-order valence-electron chi connectivity index (χ3n) is 6.11. The number of aryl methyl sites for hydroxylation is 1. The van der Waals surface area contributed by atoms with Gasteiger partial charge in [-0.25, -0.2) is 4.39 Å². The van der Waals surface area contributed by atoms with Crippen molar-refractivity contribution in [2.45, 2.75) is 38.3 Å². The molecule has 1 unspecified atom stereocenters. The smallest absolute Gasteiger partial charge is 0.253 e. The Morgan fingerprint density at radius 3 is 2.71 bits per heavy atom. The van der Waals surface area contributed by atoms with E-state index >= 15 is 0 Å². The Hall–Kier alpha value is -2.25. The van der Waals surface area contributed by atoms with Crippen LogP contribution in [-0.2, 0) is 23.1 Å². The van der Waals surface area contributed by atoms with E-state index in [1.54, 1.807) is 17.0 Å². The SMILES string of the molecule is Cc1c(CN2CCCC3(CC2)CN(c2ccc(F)cc2)C(=O)CO3)cnn1C. The first kappa shape index (κ1) is 19.1. The number of benzene rings is 1. The Labute approximate surface area is 164 Å². The topological polar surface area (TPSA) is 50.6 Å². The van der Waals surface area contributed by atoms with Crippen molar-refractivity contribution in [2.75, 3.05) is 31.1 Å². The zero-order chi connectivity index (χ0) is 19.7. The number of carbonyl (C=O) groups excluding carboxylic acids is 1. The minimum Gasteiger partial charge on any atom is -0.363 e. The molecule has 0 bridgehead atoms. The van der Waals surface area contributed by atoms with Crippen LogP contribution < -0.4 is 4.90 Å². The van der Waals surface area contributed by atoms with Gasteiger partial charge in [0.25, 0.3) is 5.91 Å². The Balaban J connectivity index is 1.45. The highest BCUT2D eigenvalue weighted by Gasteiger charge is 2.41. The predicted molar refractivity (Wildman–Crippen MR) is 105 cm³/mol. The van der Waals surface area contributed by atoms with Crippen molar-refractivity contribution in [1.82, 2.24) is 14.7 Å². The summed E-state index contributed by atoms with van der Waals surface area (Å²) < 4.78 is 21.3. The molecule has 1 atom stereocenters. The first-order chi connectivity index (χ1) is 13.5. The van der Waals surface area contributed by atoms with Gasteiger partial charge in [-0.2, -0.15) is 5.10 Å². The zero-order valence-corrected chi connectivity index (χ0v) is 16.5. The number of anilines is 1. The van der Waals surface area contributed by atoms with Gasteiger partial charge < -0.3 is 9.64 Å². The van der Waals surface area contributed by atoms with Crippen LogP contribution in [-0.4, -0.2) is 52.4 Å². The van der Waals surface area contributed by atoms with Gasteiger partial charge >= 0.3 is 0 Å². The number of morpholine rings is 1. The highest BCUT2D eigenvalue weighted by atomic mass is 19.1. The molecule has 0 radical (unpaired) electrons. The second-order valence-corrected chi connectivity index (χ2v) is 7.94. The Morgan fingerprint density at radius 1 is 1.21 bits per heavy atom. The summed E-state index contributed by atoms with van der Waals surface area (Å²) in [5.41, 5.74) is 2.86. The zero-order valence-electron chi connectivity index (χ0n) is 16.5. The van der Waals surface area contributed by atoms with Crippen LogP contribution in [0.3, 0.4) is 0 Å². The lowest BCUT2D eigenvalue weighted by Gasteiger charge is -2.42. The molecule has 0 N–H and O–H groups in total. The summed E-state index contributed by atoms with van der Waals surface area (Å²) in [5.74, 6) is -0.362. The molecule has 1 aromatic heterocycles. The first-order valence-electron chi connectivity index (χ1n) is 9.85. The minimum atomic E-state index is -0.332. The van der Waals surface area contributed by atoms with E-state index in [-0.39, 0.29) is 23.9 Å². The third-order valence-corrected chi connectivity index (χ3v) is 6.11. The second kappa shape index (κ2) is 7.64. The van der Waals surface area contributed by atoms with Crippen LogP contribution in [0.1, 0.15) is 30.5 Å². The van der Waals surface area contributed by atoms with Crippen molar-refractivity contribution in [1.29, 1.82) is 0 Å². The molecular formula is C21H27FN4O2. The van der Waals surface area contributed by atoms with Gasteiger partial charge in [0, 0.05) is 37.1 Å². The highest BCUT2D eigenvalue weighted by molar-refractivity contribution is 5.95. The second-order valence-electron chi connectivity index (χ2n) is 7.94. The molecule has 4 rings (SSSR count). The number of hydrogen-bond acceptors (Lipinski definition) is 4. The van der Waals surface area contributed by atoms with Crippen LogP contribution in [0.2, 0.25) is 0 Å². The van der Waals surface area contributed by atoms with E-state index < -0.39 is 0 Å². The van der Waals surface area contributed by atoms with Gasteiger partial charge in [0.1, 0.15) is 12.4 Å². The lowest BCUT2D eigenvalue weighted by molar-refractivity contribution is -0.140. The Bertz CT molecular complexity index is 851. The molecule has 2 saturated heterocycles. The molecule has 2 aromatic rings. The number of nitrogens with zero attached hydrogens (tertiary/aromatic N) is 4. The van der Waals surface area contributed by atoms with Crippen LogP contribution in [0.25, 0.3) is 0 Å². The van der Waals surface area contributed by atoms with Crippen molar-refractivity contribution >= 4 is 11.6 Å². The molecular weight excluding hydrogens is 359 g/mol. The number of rotatable bonds is 3. The summed E-state index contributed by atoms with van der Waals surface area (Å²) >= 11 is 0. The van der Waals surface area contributed by atoms with Crippen molar-refractivity contribution in [3.05, 3.63) is 47.5 Å². The van der Waals surface area contributed by atoms with Gasteiger partial charge in [0.05, 0.1) is 18.3 Å². The molecule has 0 saturated carbocycles. The Morgan fingerprint density at radius 2 is 2.00 bits per heavy atom. The quantitative estimate of drug-likeness (QED) is 0.814. The van der Waals surface area contributed by atoms with Gasteiger partial charge in [0.2, 0.25) is 0 Å². The number of carbonyl (C=O) groups is 1. The fraction of sp³-hybridized carbons (Fsp3) is 0.524. The van der Waals surface area contributed by atoms with E-state index in [0.717, 1.165) is 44.6 Å². The van der Waals surface area contributed by atoms with Gasteiger partial charge in [-0.15, -0.1) is 0 Å². The average Bonchev–Trinajstić information content (AvgIpc) is 2.89. The summed E-state index contributed by atoms with van der Waals surface area (Å²) in [4.78, 5) is 16.6. The molecule has 150 valence electrons. The molecule has 28 heavy (non-hydrogen) atoms. The largest absolute Gasteiger partial charge is 0.363 e. The monoisotopic (exact) mass is 386 g/mol. The van der Waals surface area contributed by atoms with Crippen molar-refractivity contribution in [3.63, 3.8) is 0 Å². The van der Waals surface area contributed by atoms with E-state index in [1.165, 1.54) is 23.4 Å². The molecule has 2 aliphatic rings. The molecule has 1 aromatic carbocycles. The number of hydrogen-bond donors (Lipinski definition) is 0. The Kier molecular flexibility index (Phi) is 5.21. The first-order valence-corrected chi connectivity index (χ1v) is 9.85. The number of ether oxygens (including phenoxy) is 1. The minimum absolute atomic E-state index is 0.0654. The fourth-order valence-corrected chi connectivity index (χ4v) is 4.20. The summed E-state index contributed by atoms with van der Waals surface area (Å²) in [7, 11) is 1.97. The molecule has 0 aliphatic carbocycles. The van der Waals surface area contributed by atoms with E-state index in [2.05, 4.69) is 16.9 Å². The fourth-order valence-electron chi connectivity index (χ4n) is 4.20. The summed E-state index contributed by atoms with van der Waals surface area (Å²) in [5, 5.41) is 4.34. The maximum absolute atomic E-state index is 13.3. The lowest BCUT2D eigenvalue weighted by Crippen LogP contribution is -2.55. The number of aromatic nitrogens is 2. The maximum atomic E-state index is 13.3. The van der Waals surface area contributed by atoms with Crippen molar-refractivity contribution in [3.8, 4) is 0 Å². The van der Waals surface area contributed by atoms with Crippen molar-refractivity contribution < 1.29 is 13.9 Å². The standard InChI is InChI=1S/C21H27FN4O2/c1-16-17(12-23-24(16)2)13-25-10-3-8-21(9-11-25)15-26(20(27)14-28-21)19-6-4-18(22)5-7-19/h4-7,12H,3,8-11,13-15H2,1-2H3. The molecule has 2 fully saturated rings. The van der Waals surface area contributed by atoms with Crippen LogP contribution in [0.4, 0.5) is 10.1 Å². The van der Waals surface area contributed by atoms with Gasteiger partial charge in [0.15, 0.2) is 0 Å². The van der Waals surface area contributed by atoms with E-state index in [9.17, 15) is 9.18 Å². The number of amides is 1. The van der Waals surface area contributed by atoms with E-state index in [1.807, 2.05) is 17.9 Å². The van der Waals surface area contributed by atoms with E-state index in [4.69, 9.17) is 4.74 Å². The number of halogens is 1. The van der Waals surface area contributed by atoms with Crippen molar-refractivity contribution in [2.24, 2.45) is 7.05 Å². The summed E-state index contributed by atoms with van der Waals surface area (Å²) in [6.45, 7) is 5.51. The lowest BCUT2D eigenvalue weighted by atomic mass is 9.92. The normalized spacial score (nSPS) is 24.0. The maximum Gasteiger partial charge on any atom is 0.253 e. The van der Waals surface area contributed by atoms with Gasteiger partial charge in [-0.1, -0.05) is 0 Å². The molecule has 7 heteroatoms. The molecule has 3 heterocycles. The van der Waals surface area contributed by atoms with Crippen LogP contribution >= 0.6 is 0 Å². The van der Waals surface area contributed by atoms with Gasteiger partial charge in [-0.05, 0) is 57.0 Å². The highest BCUT2D eigenvalue weighted by Crippen LogP contribution is 2.33. The van der Waals surface area contributed by atoms with E-state index in [0.29, 0.717) is 6.54 Å². The number of likely N-dealkylation sites (tertiary alicyclic amines) is 1. The average molecular weight is 386 g/mol. The van der Waals surface area contributed by atoms with Crippen LogP contribution in [0.5, 0.6) is 0 Å². The predicted octanol–water partition coefficient (Wildman–Crippen LogP) is 2.66.